The van der Waals surface area contributed by atoms with Gasteiger partial charge in [0, 0.05) is 44.0 Å². The molecule has 1 aliphatic heterocycles. The number of aryl methyl sites for hydroxylation is 2. The summed E-state index contributed by atoms with van der Waals surface area (Å²) in [6, 6.07) is 26.3. The summed E-state index contributed by atoms with van der Waals surface area (Å²) >= 11 is 0. The van der Waals surface area contributed by atoms with Crippen molar-refractivity contribution in [2.75, 3.05) is 25.0 Å². The highest BCUT2D eigenvalue weighted by Gasteiger charge is 2.27. The highest BCUT2D eigenvalue weighted by Crippen LogP contribution is 2.35. The number of para-hydroxylation sites is 2. The van der Waals surface area contributed by atoms with Crippen LogP contribution in [-0.4, -0.2) is 36.9 Å². The molecule has 0 spiro atoms. The summed E-state index contributed by atoms with van der Waals surface area (Å²) in [5, 5.41) is 0. The molecule has 1 unspecified atom stereocenters. The molecule has 170 valence electrons. The summed E-state index contributed by atoms with van der Waals surface area (Å²) < 4.78 is 5.38. The number of ether oxygens (including phenoxy) is 1. The maximum atomic E-state index is 13.1. The lowest BCUT2D eigenvalue weighted by molar-refractivity contribution is -0.158. The van der Waals surface area contributed by atoms with E-state index in [0.29, 0.717) is 12.1 Å². The molecule has 33 heavy (non-hydrogen) atoms. The molecule has 0 fully saturated rings. The largest absolute Gasteiger partial charge is 0.447 e. The van der Waals surface area contributed by atoms with Gasteiger partial charge in [0.15, 0.2) is 0 Å². The Balaban J connectivity index is 1.47. The van der Waals surface area contributed by atoms with Crippen LogP contribution in [0.1, 0.15) is 36.1 Å². The third-order valence-corrected chi connectivity index (χ3v) is 6.09. The number of anilines is 2. The zero-order valence-corrected chi connectivity index (χ0v) is 19.2. The third kappa shape index (κ3) is 5.25. The van der Waals surface area contributed by atoms with Crippen LogP contribution in [0.15, 0.2) is 78.9 Å². The molecule has 1 amide bonds. The van der Waals surface area contributed by atoms with Crippen molar-refractivity contribution in [3.63, 3.8) is 0 Å². The maximum Gasteiger partial charge on any atom is 0.303 e. The number of amides is 1. The first-order valence-corrected chi connectivity index (χ1v) is 11.4. The van der Waals surface area contributed by atoms with E-state index in [4.69, 9.17) is 4.74 Å². The molecule has 0 radical (unpaired) electrons. The average molecular weight is 443 g/mol. The van der Waals surface area contributed by atoms with Gasteiger partial charge in [-0.25, -0.2) is 0 Å². The topological polar surface area (TPSA) is 49.9 Å². The number of benzene rings is 3. The molecule has 3 aromatic rings. The van der Waals surface area contributed by atoms with Gasteiger partial charge in [-0.15, -0.1) is 0 Å². The summed E-state index contributed by atoms with van der Waals surface area (Å²) in [5.74, 6) is -0.684. The normalized spacial score (nSPS) is 13.3. The number of fused-ring (bicyclic) bond motifs is 2. The summed E-state index contributed by atoms with van der Waals surface area (Å²) in [5.41, 5.74) is 5.84. The second kappa shape index (κ2) is 10.3. The van der Waals surface area contributed by atoms with Crippen LogP contribution in [-0.2, 0) is 27.2 Å². The van der Waals surface area contributed by atoms with Gasteiger partial charge in [-0.1, -0.05) is 66.7 Å². The number of rotatable bonds is 7. The molecule has 0 N–H and O–H groups in total. The van der Waals surface area contributed by atoms with Crippen molar-refractivity contribution in [2.45, 2.75) is 32.3 Å². The monoisotopic (exact) mass is 442 g/mol. The molecule has 0 aromatic heterocycles. The summed E-state index contributed by atoms with van der Waals surface area (Å²) in [6.07, 6.45) is 1.90. The van der Waals surface area contributed by atoms with E-state index < -0.39 is 12.1 Å². The van der Waals surface area contributed by atoms with Crippen molar-refractivity contribution in [3.05, 3.63) is 95.6 Å². The van der Waals surface area contributed by atoms with E-state index in [0.717, 1.165) is 25.8 Å². The van der Waals surface area contributed by atoms with Crippen LogP contribution in [0.4, 0.5) is 11.4 Å². The Morgan fingerprint density at radius 1 is 0.879 bits per heavy atom. The molecular weight excluding hydrogens is 412 g/mol. The van der Waals surface area contributed by atoms with Gasteiger partial charge in [0.25, 0.3) is 5.91 Å². The Bertz CT molecular complexity index is 1070. The van der Waals surface area contributed by atoms with Crippen molar-refractivity contribution < 1.29 is 14.3 Å². The Morgan fingerprint density at radius 3 is 2.00 bits per heavy atom. The summed E-state index contributed by atoms with van der Waals surface area (Å²) in [7, 11) is 1.77. The van der Waals surface area contributed by atoms with E-state index >= 15 is 0 Å². The van der Waals surface area contributed by atoms with Crippen molar-refractivity contribution in [1.82, 2.24) is 4.90 Å². The Labute approximate surface area is 195 Å². The van der Waals surface area contributed by atoms with Gasteiger partial charge < -0.3 is 14.5 Å². The predicted molar refractivity (Wildman–Crippen MR) is 131 cm³/mol. The smallest absolute Gasteiger partial charge is 0.303 e. The van der Waals surface area contributed by atoms with E-state index in [1.807, 2.05) is 30.3 Å². The average Bonchev–Trinajstić information content (AvgIpc) is 3.00. The van der Waals surface area contributed by atoms with Gasteiger partial charge >= 0.3 is 5.97 Å². The molecule has 0 saturated heterocycles. The highest BCUT2D eigenvalue weighted by molar-refractivity contribution is 5.84. The fourth-order valence-corrected chi connectivity index (χ4v) is 4.44. The fraction of sp³-hybridized carbons (Fsp3) is 0.286. The molecule has 1 atom stereocenters. The van der Waals surface area contributed by atoms with Crippen LogP contribution >= 0.6 is 0 Å². The van der Waals surface area contributed by atoms with Gasteiger partial charge in [-0.2, -0.15) is 0 Å². The maximum absolute atomic E-state index is 13.1. The quantitative estimate of drug-likeness (QED) is 0.479. The molecule has 0 aliphatic carbocycles. The van der Waals surface area contributed by atoms with Gasteiger partial charge in [-0.3, -0.25) is 9.59 Å². The predicted octanol–water partition coefficient (Wildman–Crippen LogP) is 5.08. The summed E-state index contributed by atoms with van der Waals surface area (Å²) in [6.45, 7) is 2.68. The molecule has 5 heteroatoms. The molecule has 3 aromatic carbocycles. The number of nitrogens with zero attached hydrogens (tertiary/aromatic N) is 2. The second-order valence-electron chi connectivity index (χ2n) is 8.42. The molecule has 1 heterocycles. The van der Waals surface area contributed by atoms with Crippen molar-refractivity contribution >= 4 is 23.3 Å². The van der Waals surface area contributed by atoms with E-state index in [-0.39, 0.29) is 5.91 Å². The lowest BCUT2D eigenvalue weighted by Crippen LogP contribution is -2.35. The minimum absolute atomic E-state index is 0.215. The number of likely N-dealkylation sites (N-methyl/N-ethyl adjacent to an activating group) is 1. The number of hydrogen-bond acceptors (Lipinski definition) is 4. The molecule has 0 bridgehead atoms. The minimum atomic E-state index is -0.923. The standard InChI is InChI=1S/C28H30N2O3/c1-21(31)33-27(24-13-4-3-5-14-24)28(32)29(2)19-10-20-30-25-15-8-6-11-22(25)17-18-23-12-7-9-16-26(23)30/h3-9,11-16,27H,10,17-20H2,1-2H3. The van der Waals surface area contributed by atoms with E-state index in [2.05, 4.69) is 53.4 Å². The molecular formula is C28H30N2O3. The number of carbonyl (C=O) groups excluding carboxylic acids is 2. The Kier molecular flexibility index (Phi) is 7.08. The van der Waals surface area contributed by atoms with Crippen LogP contribution < -0.4 is 4.90 Å². The zero-order valence-electron chi connectivity index (χ0n) is 19.2. The first kappa shape index (κ1) is 22.6. The second-order valence-corrected chi connectivity index (χ2v) is 8.42. The van der Waals surface area contributed by atoms with Crippen LogP contribution in [0.5, 0.6) is 0 Å². The van der Waals surface area contributed by atoms with Gasteiger partial charge in [0.1, 0.15) is 0 Å². The fourth-order valence-electron chi connectivity index (χ4n) is 4.44. The van der Waals surface area contributed by atoms with Crippen LogP contribution in [0.3, 0.4) is 0 Å². The Hall–Kier alpha value is -3.60. The van der Waals surface area contributed by atoms with Crippen LogP contribution in [0.25, 0.3) is 0 Å². The molecule has 4 rings (SSSR count). The third-order valence-electron chi connectivity index (χ3n) is 6.09. The number of esters is 1. The van der Waals surface area contributed by atoms with E-state index in [1.54, 1.807) is 11.9 Å². The number of hydrogen-bond donors (Lipinski definition) is 0. The minimum Gasteiger partial charge on any atom is -0.447 e. The van der Waals surface area contributed by atoms with Crippen molar-refractivity contribution in [3.8, 4) is 0 Å². The first-order chi connectivity index (χ1) is 16.0. The van der Waals surface area contributed by atoms with Crippen molar-refractivity contribution in [1.29, 1.82) is 0 Å². The summed E-state index contributed by atoms with van der Waals surface area (Å²) in [4.78, 5) is 28.8. The lowest BCUT2D eigenvalue weighted by Gasteiger charge is -2.29. The number of carbonyl (C=O) groups is 2. The Morgan fingerprint density at radius 2 is 1.42 bits per heavy atom. The van der Waals surface area contributed by atoms with Crippen LogP contribution in [0, 0.1) is 0 Å². The van der Waals surface area contributed by atoms with Gasteiger partial charge in [-0.05, 0) is 42.5 Å². The molecule has 0 saturated carbocycles. The van der Waals surface area contributed by atoms with Gasteiger partial charge in [0.05, 0.1) is 0 Å². The molecule has 1 aliphatic rings. The molecule has 5 nitrogen and oxygen atoms in total. The van der Waals surface area contributed by atoms with E-state index in [1.165, 1.54) is 29.4 Å². The van der Waals surface area contributed by atoms with Crippen molar-refractivity contribution in [2.24, 2.45) is 0 Å². The van der Waals surface area contributed by atoms with Gasteiger partial charge in [0.2, 0.25) is 6.10 Å². The highest BCUT2D eigenvalue weighted by atomic mass is 16.5. The first-order valence-electron chi connectivity index (χ1n) is 11.4. The van der Waals surface area contributed by atoms with Crippen LogP contribution in [0.2, 0.25) is 0 Å². The SMILES string of the molecule is CC(=O)OC(C(=O)N(C)CCCN1c2ccccc2CCc2ccccc21)c1ccccc1. The van der Waals surface area contributed by atoms with E-state index in [9.17, 15) is 9.59 Å². The lowest BCUT2D eigenvalue weighted by atomic mass is 10.0. The zero-order chi connectivity index (χ0) is 23.2.